The number of carbonyl (C=O) groups excluding carboxylic acids is 1. The zero-order chi connectivity index (χ0) is 20.6. The quantitative estimate of drug-likeness (QED) is 0.477. The maximum atomic E-state index is 12.6. The van der Waals surface area contributed by atoms with Crippen LogP contribution in [0.5, 0.6) is 11.5 Å². The predicted molar refractivity (Wildman–Crippen MR) is 118 cm³/mol. The van der Waals surface area contributed by atoms with Crippen molar-refractivity contribution in [2.45, 2.75) is 17.2 Å². The Bertz CT molecular complexity index is 959. The highest BCUT2D eigenvalue weighted by atomic mass is 35.5. The van der Waals surface area contributed by atoms with Gasteiger partial charge in [-0.2, -0.15) is 0 Å². The molecule has 0 fully saturated rings. The second-order valence-corrected chi connectivity index (χ2v) is 7.79. The van der Waals surface area contributed by atoms with Crippen LogP contribution >= 0.6 is 23.4 Å². The molecule has 3 aromatic rings. The smallest absolute Gasteiger partial charge is 0.251 e. The normalized spacial score (nSPS) is 10.4. The number of benzene rings is 3. The van der Waals surface area contributed by atoms with Crippen molar-refractivity contribution in [2.24, 2.45) is 0 Å². The summed E-state index contributed by atoms with van der Waals surface area (Å²) >= 11 is 7.60. The number of thioether (sulfide) groups is 1. The molecule has 0 heterocycles. The van der Waals surface area contributed by atoms with Crippen molar-refractivity contribution in [2.75, 3.05) is 14.2 Å². The summed E-state index contributed by atoms with van der Waals surface area (Å²) in [6.45, 7) is 0.448. The maximum Gasteiger partial charge on any atom is 0.251 e. The molecule has 0 aromatic heterocycles. The molecule has 4 nitrogen and oxygen atoms in total. The van der Waals surface area contributed by atoms with Crippen LogP contribution in [-0.2, 0) is 12.3 Å². The van der Waals surface area contributed by atoms with Gasteiger partial charge in [-0.05, 0) is 60.2 Å². The lowest BCUT2D eigenvalue weighted by atomic mass is 10.1. The number of ether oxygens (including phenoxy) is 2. The summed E-state index contributed by atoms with van der Waals surface area (Å²) in [5.41, 5.74) is 2.57. The Kier molecular flexibility index (Phi) is 7.44. The summed E-state index contributed by atoms with van der Waals surface area (Å²) in [7, 11) is 3.26. The standard InChI is InChI=1S/C23H22ClNO3S/c1-27-20-8-3-16(4-9-20)14-25-23(26)17-5-12-22(28-2)18(13-17)15-29-21-10-6-19(24)7-11-21/h3-13H,14-15H2,1-2H3,(H,25,26). The molecule has 3 rings (SSSR count). The fourth-order valence-corrected chi connectivity index (χ4v) is 3.75. The number of hydrogen-bond donors (Lipinski definition) is 1. The number of halogens is 1. The van der Waals surface area contributed by atoms with Crippen molar-refractivity contribution in [1.29, 1.82) is 0 Å². The third-order valence-corrected chi connectivity index (χ3v) is 5.68. The van der Waals surface area contributed by atoms with Gasteiger partial charge in [0.15, 0.2) is 0 Å². The van der Waals surface area contributed by atoms with E-state index < -0.39 is 0 Å². The fraction of sp³-hybridized carbons (Fsp3) is 0.174. The second-order valence-electron chi connectivity index (χ2n) is 6.30. The molecule has 0 atom stereocenters. The summed E-state index contributed by atoms with van der Waals surface area (Å²) in [6.07, 6.45) is 0. The van der Waals surface area contributed by atoms with Gasteiger partial charge in [0.25, 0.3) is 5.91 Å². The largest absolute Gasteiger partial charge is 0.497 e. The zero-order valence-electron chi connectivity index (χ0n) is 16.3. The lowest BCUT2D eigenvalue weighted by Gasteiger charge is -2.11. The predicted octanol–water partition coefficient (Wildman–Crippen LogP) is 5.58. The minimum Gasteiger partial charge on any atom is -0.497 e. The van der Waals surface area contributed by atoms with E-state index in [1.807, 2.05) is 60.7 Å². The van der Waals surface area contributed by atoms with Gasteiger partial charge in [0, 0.05) is 33.3 Å². The van der Waals surface area contributed by atoms with Gasteiger partial charge in [-0.1, -0.05) is 23.7 Å². The second kappa shape index (κ2) is 10.2. The highest BCUT2D eigenvalue weighted by molar-refractivity contribution is 7.98. The van der Waals surface area contributed by atoms with Crippen molar-refractivity contribution in [1.82, 2.24) is 5.32 Å². The molecular formula is C23H22ClNO3S. The van der Waals surface area contributed by atoms with Crippen molar-refractivity contribution < 1.29 is 14.3 Å². The highest BCUT2D eigenvalue weighted by Crippen LogP contribution is 2.29. The molecule has 0 radical (unpaired) electrons. The van der Waals surface area contributed by atoms with E-state index in [2.05, 4.69) is 5.32 Å². The van der Waals surface area contributed by atoms with Crippen LogP contribution in [0, 0.1) is 0 Å². The molecule has 0 aliphatic rings. The number of hydrogen-bond acceptors (Lipinski definition) is 4. The van der Waals surface area contributed by atoms with Crippen LogP contribution in [0.1, 0.15) is 21.5 Å². The first-order valence-corrected chi connectivity index (χ1v) is 10.4. The van der Waals surface area contributed by atoms with E-state index in [0.717, 1.165) is 27.5 Å². The molecule has 0 saturated carbocycles. The third-order valence-electron chi connectivity index (χ3n) is 4.36. The van der Waals surface area contributed by atoms with Gasteiger partial charge in [0.2, 0.25) is 0 Å². The van der Waals surface area contributed by atoms with E-state index in [4.69, 9.17) is 21.1 Å². The van der Waals surface area contributed by atoms with E-state index in [1.54, 1.807) is 32.0 Å². The number of amides is 1. The number of nitrogens with one attached hydrogen (secondary N) is 1. The lowest BCUT2D eigenvalue weighted by molar-refractivity contribution is 0.0951. The summed E-state index contributed by atoms with van der Waals surface area (Å²) < 4.78 is 10.6. The topological polar surface area (TPSA) is 47.6 Å². The Labute approximate surface area is 180 Å². The number of rotatable bonds is 8. The minimum absolute atomic E-state index is 0.124. The van der Waals surface area contributed by atoms with Gasteiger partial charge >= 0.3 is 0 Å². The zero-order valence-corrected chi connectivity index (χ0v) is 17.8. The SMILES string of the molecule is COc1ccc(CNC(=O)c2ccc(OC)c(CSc3ccc(Cl)cc3)c2)cc1. The maximum absolute atomic E-state index is 12.6. The summed E-state index contributed by atoms with van der Waals surface area (Å²) in [5.74, 6) is 2.11. The molecule has 3 aromatic carbocycles. The fourth-order valence-electron chi connectivity index (χ4n) is 2.75. The number of methoxy groups -OCH3 is 2. The van der Waals surface area contributed by atoms with Crippen LogP contribution in [-0.4, -0.2) is 20.1 Å². The first-order valence-electron chi connectivity index (χ1n) is 9.05. The van der Waals surface area contributed by atoms with Crippen LogP contribution in [0.15, 0.2) is 71.6 Å². The Balaban J connectivity index is 1.65. The first-order chi connectivity index (χ1) is 14.1. The van der Waals surface area contributed by atoms with Gasteiger partial charge in [0.1, 0.15) is 11.5 Å². The lowest BCUT2D eigenvalue weighted by Crippen LogP contribution is -2.22. The molecule has 1 amide bonds. The van der Waals surface area contributed by atoms with Gasteiger partial charge in [-0.15, -0.1) is 11.8 Å². The Morgan fingerprint density at radius 2 is 1.69 bits per heavy atom. The van der Waals surface area contributed by atoms with Crippen molar-refractivity contribution in [3.63, 3.8) is 0 Å². The van der Waals surface area contributed by atoms with E-state index in [1.165, 1.54) is 0 Å². The third kappa shape index (κ3) is 5.92. The van der Waals surface area contributed by atoms with Crippen LogP contribution < -0.4 is 14.8 Å². The summed E-state index contributed by atoms with van der Waals surface area (Å²) in [5, 5.41) is 3.67. The van der Waals surface area contributed by atoms with Crippen LogP contribution in [0.2, 0.25) is 5.02 Å². The van der Waals surface area contributed by atoms with E-state index >= 15 is 0 Å². The van der Waals surface area contributed by atoms with Gasteiger partial charge in [-0.3, -0.25) is 4.79 Å². The molecule has 6 heteroatoms. The molecule has 0 saturated heterocycles. The first kappa shape index (κ1) is 21.1. The molecule has 0 aliphatic heterocycles. The van der Waals surface area contributed by atoms with Crippen molar-refractivity contribution >= 4 is 29.3 Å². The number of carbonyl (C=O) groups is 1. The Hall–Kier alpha value is -2.63. The monoisotopic (exact) mass is 427 g/mol. The van der Waals surface area contributed by atoms with Gasteiger partial charge < -0.3 is 14.8 Å². The molecule has 1 N–H and O–H groups in total. The van der Waals surface area contributed by atoms with Crippen LogP contribution in [0.4, 0.5) is 0 Å². The van der Waals surface area contributed by atoms with E-state index in [9.17, 15) is 4.79 Å². The molecule has 0 bridgehead atoms. The summed E-state index contributed by atoms with van der Waals surface area (Å²) in [6, 6.07) is 20.8. The van der Waals surface area contributed by atoms with Crippen molar-refractivity contribution in [3.05, 3.63) is 88.4 Å². The van der Waals surface area contributed by atoms with Gasteiger partial charge in [-0.25, -0.2) is 0 Å². The Morgan fingerprint density at radius 3 is 2.34 bits per heavy atom. The Morgan fingerprint density at radius 1 is 0.966 bits per heavy atom. The van der Waals surface area contributed by atoms with Crippen molar-refractivity contribution in [3.8, 4) is 11.5 Å². The molecule has 150 valence electrons. The van der Waals surface area contributed by atoms with E-state index in [-0.39, 0.29) is 5.91 Å². The molecule has 0 unspecified atom stereocenters. The summed E-state index contributed by atoms with van der Waals surface area (Å²) in [4.78, 5) is 13.7. The molecule has 0 spiro atoms. The average Bonchev–Trinajstić information content (AvgIpc) is 2.77. The van der Waals surface area contributed by atoms with Crippen LogP contribution in [0.3, 0.4) is 0 Å². The molecule has 29 heavy (non-hydrogen) atoms. The molecular weight excluding hydrogens is 406 g/mol. The van der Waals surface area contributed by atoms with Gasteiger partial charge in [0.05, 0.1) is 14.2 Å². The molecule has 0 aliphatic carbocycles. The average molecular weight is 428 g/mol. The minimum atomic E-state index is -0.124. The van der Waals surface area contributed by atoms with E-state index in [0.29, 0.717) is 22.9 Å². The highest BCUT2D eigenvalue weighted by Gasteiger charge is 2.11. The van der Waals surface area contributed by atoms with Crippen LogP contribution in [0.25, 0.3) is 0 Å².